The zero-order chi connectivity index (χ0) is 5.11. The third kappa shape index (κ3) is 2.18. The van der Waals surface area contributed by atoms with Crippen LogP contribution in [0.5, 0.6) is 0 Å². The molecule has 1 heterocycles. The lowest BCUT2D eigenvalue weighted by atomic mass is 10.5. The molecular formula is C5H6ClN. The van der Waals surface area contributed by atoms with Crippen molar-refractivity contribution in [2.75, 3.05) is 0 Å². The summed E-state index contributed by atoms with van der Waals surface area (Å²) < 4.78 is 6.91. The Bertz CT molecular complexity index is 142. The Balaban J connectivity index is 0.000000490. The zero-order valence-corrected chi connectivity index (χ0v) is 4.47. The third-order valence-corrected chi connectivity index (χ3v) is 0.566. The van der Waals surface area contributed by atoms with Gasteiger partial charge in [-0.3, -0.25) is 0 Å². The average molecular weight is 117 g/mol. The first-order chi connectivity index (χ1) is 3.39. The Kier molecular flexibility index (Phi) is 2.38. The minimum absolute atomic E-state index is 0. The number of hydrogen-bond donors (Lipinski definition) is 0. The van der Waals surface area contributed by atoms with Gasteiger partial charge in [-0.25, -0.2) is 4.98 Å². The van der Waals surface area contributed by atoms with Gasteiger partial charge in [-0.05, 0) is 0 Å². The Hall–Kier alpha value is -0.560. The van der Waals surface area contributed by atoms with E-state index in [9.17, 15) is 0 Å². The first kappa shape index (κ1) is 4.60. The van der Waals surface area contributed by atoms with Gasteiger partial charge in [-0.1, -0.05) is 6.07 Å². The van der Waals surface area contributed by atoms with Crippen LogP contribution in [0, 0.1) is 0 Å². The lowest BCUT2D eigenvalue weighted by Gasteiger charge is -1.63. The van der Waals surface area contributed by atoms with Crippen LogP contribution in [-0.2, 0) is 0 Å². The van der Waals surface area contributed by atoms with Crippen LogP contribution in [0.3, 0.4) is 0 Å². The second-order valence-corrected chi connectivity index (χ2v) is 1.02. The maximum absolute atomic E-state index is 6.91. The summed E-state index contributed by atoms with van der Waals surface area (Å²) in [7, 11) is 0. The van der Waals surface area contributed by atoms with E-state index in [1.165, 1.54) is 4.98 Å². The minimum Gasteiger partial charge on any atom is -1.00 e. The van der Waals surface area contributed by atoms with E-state index in [0.29, 0.717) is 0 Å². The molecule has 0 aliphatic heterocycles. The van der Waals surface area contributed by atoms with Crippen LogP contribution in [0.25, 0.3) is 0 Å². The van der Waals surface area contributed by atoms with Crippen molar-refractivity contribution in [2.45, 2.75) is 0 Å². The lowest BCUT2D eigenvalue weighted by molar-refractivity contribution is -0.377. The number of halogens is 1. The fourth-order valence-corrected chi connectivity index (χ4v) is 0.313. The molecule has 2 heteroatoms. The summed E-state index contributed by atoms with van der Waals surface area (Å²) in [6, 6.07) is 5.50. The van der Waals surface area contributed by atoms with Gasteiger partial charge in [-0.15, -0.1) is 0 Å². The van der Waals surface area contributed by atoms with E-state index in [0.717, 1.165) is 0 Å². The molecule has 1 nitrogen and oxygen atoms in total. The number of nitrogens with one attached hydrogen (secondary N) is 1. The fourth-order valence-electron chi connectivity index (χ4n) is 0.313. The Labute approximate surface area is 50.3 Å². The van der Waals surface area contributed by atoms with Crippen molar-refractivity contribution in [3.8, 4) is 0 Å². The molecule has 0 bridgehead atoms. The molecular weight excluding hydrogens is 110 g/mol. The van der Waals surface area contributed by atoms with Gasteiger partial charge in [0, 0.05) is 12.1 Å². The highest BCUT2D eigenvalue weighted by molar-refractivity contribution is 4.82. The number of rotatable bonds is 0. The van der Waals surface area contributed by atoms with Crippen molar-refractivity contribution in [3.63, 3.8) is 0 Å². The van der Waals surface area contributed by atoms with E-state index in [1.807, 2.05) is 18.2 Å². The summed E-state index contributed by atoms with van der Waals surface area (Å²) in [6.07, 6.45) is 3.33. The summed E-state index contributed by atoms with van der Waals surface area (Å²) in [5.41, 5.74) is 0. The topological polar surface area (TPSA) is 14.1 Å². The smallest absolute Gasteiger partial charge is 0.453 e. The first-order valence-electron chi connectivity index (χ1n) is 2.30. The zero-order valence-electron chi connectivity index (χ0n) is 4.71. The number of H-pyrrole nitrogens is 1. The van der Waals surface area contributed by atoms with Crippen LogP contribution in [-0.4, -0.2) is 0 Å². The quantitative estimate of drug-likeness (QED) is 0.356. The molecule has 0 aliphatic rings. The van der Waals surface area contributed by atoms with Crippen LogP contribution < -0.4 is 17.4 Å². The lowest BCUT2D eigenvalue weighted by Crippen LogP contribution is -3.00. The van der Waals surface area contributed by atoms with E-state index in [2.05, 4.69) is 0 Å². The first-order valence-corrected chi connectivity index (χ1v) is 1.85. The number of hydrogen-bond acceptors (Lipinski definition) is 0. The molecule has 0 aliphatic carbocycles. The van der Waals surface area contributed by atoms with E-state index in [-0.39, 0.29) is 12.4 Å². The van der Waals surface area contributed by atoms with Gasteiger partial charge < -0.3 is 12.4 Å². The molecule has 0 saturated heterocycles. The van der Waals surface area contributed by atoms with E-state index in [4.69, 9.17) is 1.41 Å². The second-order valence-electron chi connectivity index (χ2n) is 1.02. The molecule has 0 atom stereocenters. The van der Waals surface area contributed by atoms with Gasteiger partial charge in [0.25, 0.3) is 0 Å². The van der Waals surface area contributed by atoms with Gasteiger partial charge in [0.2, 0.25) is 0 Å². The largest absolute Gasteiger partial charge is 1.00 e. The van der Waals surface area contributed by atoms with Crippen LogP contribution >= 0.6 is 0 Å². The Morgan fingerprint density at radius 1 is 1.14 bits per heavy atom. The fraction of sp³-hybridized carbons (Fsp3) is 0. The van der Waals surface area contributed by atoms with Crippen LogP contribution in [0.4, 0.5) is 0 Å². The van der Waals surface area contributed by atoms with E-state index >= 15 is 0 Å². The molecule has 0 amide bonds. The van der Waals surface area contributed by atoms with Gasteiger partial charge in [0.05, 0.1) is 0 Å². The average Bonchev–Trinajstić information content (AvgIpc) is 1.69. The second kappa shape index (κ2) is 3.62. The molecule has 0 saturated carbocycles. The van der Waals surface area contributed by atoms with Crippen molar-refractivity contribution in [1.82, 2.24) is 0 Å². The predicted molar refractivity (Wildman–Crippen MR) is 23.0 cm³/mol. The molecule has 1 aromatic heterocycles. The molecule has 0 spiro atoms. The van der Waals surface area contributed by atoms with Gasteiger partial charge in [-0.2, -0.15) is 0 Å². The molecule has 0 aromatic carbocycles. The number of aromatic nitrogens is 1. The molecule has 0 radical (unpaired) electrons. The Morgan fingerprint density at radius 2 is 1.71 bits per heavy atom. The SMILES string of the molecule is [2H][n+]1ccccc1.[Cl-]. The van der Waals surface area contributed by atoms with Crippen molar-refractivity contribution in [1.29, 1.82) is 0 Å². The number of aromatic amines is 1. The molecule has 1 aromatic rings. The minimum atomic E-state index is 0. The molecule has 1 N–H and O–H groups in total. The van der Waals surface area contributed by atoms with Crippen molar-refractivity contribution < 1.29 is 18.8 Å². The predicted octanol–water partition coefficient (Wildman–Crippen LogP) is -2.50. The van der Waals surface area contributed by atoms with E-state index < -0.39 is 0 Å². The normalized spacial score (nSPS) is 8.86. The molecule has 38 valence electrons. The third-order valence-electron chi connectivity index (χ3n) is 0.566. The summed E-state index contributed by atoms with van der Waals surface area (Å²) >= 11 is 0. The van der Waals surface area contributed by atoms with Crippen LogP contribution in [0.2, 0.25) is 1.41 Å². The monoisotopic (exact) mass is 116 g/mol. The molecule has 7 heavy (non-hydrogen) atoms. The van der Waals surface area contributed by atoms with Gasteiger partial charge in [0.15, 0.2) is 12.4 Å². The van der Waals surface area contributed by atoms with E-state index in [1.54, 1.807) is 12.4 Å². The molecule has 0 fully saturated rings. The van der Waals surface area contributed by atoms with Crippen molar-refractivity contribution >= 4 is 0 Å². The van der Waals surface area contributed by atoms with Gasteiger partial charge >= 0.3 is 1.41 Å². The summed E-state index contributed by atoms with van der Waals surface area (Å²) in [4.78, 5) is 1.25. The van der Waals surface area contributed by atoms with Gasteiger partial charge in [0.1, 0.15) is 0 Å². The Morgan fingerprint density at radius 3 is 2.00 bits per heavy atom. The molecule has 0 unspecified atom stereocenters. The van der Waals surface area contributed by atoms with Crippen LogP contribution in [0.1, 0.15) is 0 Å². The number of pyridine rings is 1. The summed E-state index contributed by atoms with van der Waals surface area (Å²) in [5.74, 6) is 0. The maximum atomic E-state index is 6.91. The van der Waals surface area contributed by atoms with Crippen molar-refractivity contribution in [3.05, 3.63) is 30.6 Å². The van der Waals surface area contributed by atoms with Crippen molar-refractivity contribution in [2.24, 2.45) is 0 Å². The summed E-state index contributed by atoms with van der Waals surface area (Å²) in [5, 5.41) is 0. The standard InChI is InChI=1S/C5H5N.ClH/c1-2-4-6-5-3-1;/h1-5H;1H/i/hD. The molecule has 1 rings (SSSR count). The highest BCUT2D eigenvalue weighted by Crippen LogP contribution is 1.68. The highest BCUT2D eigenvalue weighted by atomic mass is 35.5. The maximum Gasteiger partial charge on any atom is 0.453 e. The summed E-state index contributed by atoms with van der Waals surface area (Å²) in [6.45, 7) is 0. The highest BCUT2D eigenvalue weighted by Gasteiger charge is 1.65. The van der Waals surface area contributed by atoms with Crippen LogP contribution in [0.15, 0.2) is 30.6 Å².